The molecule has 0 atom stereocenters. The van der Waals surface area contributed by atoms with Crippen LogP contribution in [0.2, 0.25) is 0 Å². The molecule has 0 bridgehead atoms. The second-order valence-corrected chi connectivity index (χ2v) is 8.59. The molecule has 2 nitrogen and oxygen atoms in total. The van der Waals surface area contributed by atoms with Gasteiger partial charge in [0.05, 0.1) is 18.0 Å². The normalized spacial score (nSPS) is 15.6. The molecule has 0 radical (unpaired) electrons. The summed E-state index contributed by atoms with van der Waals surface area (Å²) in [5.41, 5.74) is 7.88. The lowest BCUT2D eigenvalue weighted by atomic mass is 9.88. The second-order valence-electron chi connectivity index (χ2n) is 8.59. The van der Waals surface area contributed by atoms with Crippen molar-refractivity contribution in [2.75, 3.05) is 6.61 Å². The molecule has 2 heterocycles. The monoisotopic (exact) mass is 399 g/mol. The van der Waals surface area contributed by atoms with Gasteiger partial charge in [0.2, 0.25) is 0 Å². The van der Waals surface area contributed by atoms with E-state index >= 15 is 0 Å². The molecule has 0 N–H and O–H groups in total. The molecule has 1 saturated carbocycles. The highest BCUT2D eigenvalue weighted by Crippen LogP contribution is 2.49. The van der Waals surface area contributed by atoms with Gasteiger partial charge in [-0.2, -0.15) is 0 Å². The number of aromatic nitrogens is 1. The van der Waals surface area contributed by atoms with Crippen molar-refractivity contribution in [3.8, 4) is 28.3 Å². The molecule has 0 unspecified atom stereocenters. The fourth-order valence-corrected chi connectivity index (χ4v) is 4.31. The highest BCUT2D eigenvalue weighted by atomic mass is 19.1. The van der Waals surface area contributed by atoms with Crippen molar-refractivity contribution in [1.29, 1.82) is 0 Å². The van der Waals surface area contributed by atoms with E-state index in [4.69, 9.17) is 9.72 Å². The number of fused-ring (bicyclic) bond motifs is 3. The Balaban J connectivity index is 1.82. The first-order valence-corrected chi connectivity index (χ1v) is 10.8. The molecule has 3 heteroatoms. The molecule has 1 fully saturated rings. The number of hydrogen-bond donors (Lipinski definition) is 0. The SMILES string of the molecule is CC(C)/C=C/c1c(-c2ccc(F)cc2)nc2c(c1C1CC1)CCOc1ccccc1-2. The van der Waals surface area contributed by atoms with Crippen molar-refractivity contribution >= 4 is 6.08 Å². The van der Waals surface area contributed by atoms with Gasteiger partial charge in [-0.1, -0.05) is 38.1 Å². The van der Waals surface area contributed by atoms with E-state index in [2.05, 4.69) is 32.1 Å². The van der Waals surface area contributed by atoms with E-state index in [-0.39, 0.29) is 5.82 Å². The molecule has 152 valence electrons. The Labute approximate surface area is 177 Å². The summed E-state index contributed by atoms with van der Waals surface area (Å²) in [5, 5.41) is 0. The Bertz CT molecular complexity index is 1110. The Kier molecular flexibility index (Phi) is 4.90. The summed E-state index contributed by atoms with van der Waals surface area (Å²) in [6, 6.07) is 14.9. The number of halogens is 1. The average molecular weight is 400 g/mol. The van der Waals surface area contributed by atoms with Crippen LogP contribution in [0.3, 0.4) is 0 Å². The summed E-state index contributed by atoms with van der Waals surface area (Å²) < 4.78 is 19.7. The van der Waals surface area contributed by atoms with Gasteiger partial charge in [-0.25, -0.2) is 9.37 Å². The number of ether oxygens (including phenoxy) is 1. The topological polar surface area (TPSA) is 22.1 Å². The molecule has 1 aliphatic heterocycles. The first kappa shape index (κ1) is 19.0. The van der Waals surface area contributed by atoms with Gasteiger partial charge in [0, 0.05) is 23.1 Å². The summed E-state index contributed by atoms with van der Waals surface area (Å²) in [6.45, 7) is 5.03. The number of allylic oxidation sites excluding steroid dienone is 1. The number of rotatable bonds is 4. The van der Waals surface area contributed by atoms with Crippen LogP contribution in [0.5, 0.6) is 5.75 Å². The molecule has 0 spiro atoms. The molecular formula is C27H26FNO. The third-order valence-electron chi connectivity index (χ3n) is 5.88. The predicted molar refractivity (Wildman–Crippen MR) is 120 cm³/mol. The number of nitrogens with zero attached hydrogens (tertiary/aromatic N) is 1. The maximum atomic E-state index is 13.6. The Morgan fingerprint density at radius 3 is 2.53 bits per heavy atom. The van der Waals surface area contributed by atoms with Gasteiger partial charge in [-0.05, 0) is 72.2 Å². The van der Waals surface area contributed by atoms with Gasteiger partial charge in [0.15, 0.2) is 0 Å². The van der Waals surface area contributed by atoms with Crippen molar-refractivity contribution in [3.05, 3.63) is 77.1 Å². The van der Waals surface area contributed by atoms with E-state index in [0.717, 1.165) is 34.7 Å². The van der Waals surface area contributed by atoms with Crippen LogP contribution in [0.1, 0.15) is 49.3 Å². The van der Waals surface area contributed by atoms with Gasteiger partial charge < -0.3 is 4.74 Å². The standard InChI is InChI=1S/C27H26FNO/c1-17(2)7-14-22-25(18-8-9-18)23-15-16-30-24-6-4-3-5-21(24)27(23)29-26(22)19-10-12-20(28)13-11-19/h3-7,10-14,17-18H,8-9,15-16H2,1-2H3/b14-7+. The smallest absolute Gasteiger partial charge is 0.128 e. The molecule has 1 aromatic heterocycles. The second kappa shape index (κ2) is 7.71. The summed E-state index contributed by atoms with van der Waals surface area (Å²) in [5.74, 6) is 1.67. The van der Waals surface area contributed by atoms with E-state index in [1.54, 1.807) is 0 Å². The highest BCUT2D eigenvalue weighted by molar-refractivity contribution is 5.82. The Hall–Kier alpha value is -2.94. The van der Waals surface area contributed by atoms with Gasteiger partial charge in [0.25, 0.3) is 0 Å². The highest BCUT2D eigenvalue weighted by Gasteiger charge is 2.33. The van der Waals surface area contributed by atoms with Gasteiger partial charge >= 0.3 is 0 Å². The average Bonchev–Trinajstić information content (AvgIpc) is 3.59. The van der Waals surface area contributed by atoms with Crippen LogP contribution in [0.4, 0.5) is 4.39 Å². The summed E-state index contributed by atoms with van der Waals surface area (Å²) >= 11 is 0. The van der Waals surface area contributed by atoms with Crippen molar-refractivity contribution in [2.45, 2.75) is 39.0 Å². The van der Waals surface area contributed by atoms with Gasteiger partial charge in [-0.3, -0.25) is 0 Å². The molecule has 30 heavy (non-hydrogen) atoms. The van der Waals surface area contributed by atoms with Crippen molar-refractivity contribution in [3.63, 3.8) is 0 Å². The van der Waals surface area contributed by atoms with E-state index in [1.165, 1.54) is 41.7 Å². The number of hydrogen-bond acceptors (Lipinski definition) is 2. The van der Waals surface area contributed by atoms with Gasteiger partial charge in [-0.15, -0.1) is 0 Å². The minimum absolute atomic E-state index is 0.228. The minimum Gasteiger partial charge on any atom is -0.493 e. The third kappa shape index (κ3) is 3.54. The molecule has 3 aromatic rings. The summed E-state index contributed by atoms with van der Waals surface area (Å²) in [6.07, 6.45) is 7.76. The van der Waals surface area contributed by atoms with Crippen LogP contribution in [-0.2, 0) is 6.42 Å². The first-order valence-electron chi connectivity index (χ1n) is 10.8. The quantitative estimate of drug-likeness (QED) is 0.469. The number of para-hydroxylation sites is 1. The van der Waals surface area contributed by atoms with Crippen LogP contribution in [-0.4, -0.2) is 11.6 Å². The Morgan fingerprint density at radius 1 is 1.03 bits per heavy atom. The lowest BCUT2D eigenvalue weighted by Gasteiger charge is -2.19. The van der Waals surface area contributed by atoms with Crippen LogP contribution in [0.25, 0.3) is 28.6 Å². The van der Waals surface area contributed by atoms with Crippen LogP contribution in [0, 0.1) is 11.7 Å². The predicted octanol–water partition coefficient (Wildman–Crippen LogP) is 7.04. The first-order chi connectivity index (χ1) is 14.6. The van der Waals surface area contributed by atoms with Crippen molar-refractivity contribution in [1.82, 2.24) is 4.98 Å². The molecule has 2 aromatic carbocycles. The summed E-state index contributed by atoms with van der Waals surface area (Å²) in [7, 11) is 0. The molecule has 2 aliphatic rings. The molecule has 5 rings (SSSR count). The lowest BCUT2D eigenvalue weighted by molar-refractivity contribution is 0.326. The molecular weight excluding hydrogens is 373 g/mol. The van der Waals surface area contributed by atoms with E-state index in [0.29, 0.717) is 18.4 Å². The minimum atomic E-state index is -0.228. The maximum Gasteiger partial charge on any atom is 0.128 e. The fourth-order valence-electron chi connectivity index (χ4n) is 4.31. The van der Waals surface area contributed by atoms with E-state index < -0.39 is 0 Å². The van der Waals surface area contributed by atoms with Gasteiger partial charge in [0.1, 0.15) is 11.6 Å². The Morgan fingerprint density at radius 2 is 1.80 bits per heavy atom. The zero-order chi connectivity index (χ0) is 20.7. The maximum absolute atomic E-state index is 13.6. The largest absolute Gasteiger partial charge is 0.493 e. The molecule has 1 aliphatic carbocycles. The van der Waals surface area contributed by atoms with Crippen LogP contribution in [0.15, 0.2) is 54.6 Å². The number of benzene rings is 2. The van der Waals surface area contributed by atoms with Crippen molar-refractivity contribution in [2.24, 2.45) is 5.92 Å². The third-order valence-corrected chi connectivity index (χ3v) is 5.88. The van der Waals surface area contributed by atoms with E-state index in [1.807, 2.05) is 30.3 Å². The molecule has 0 amide bonds. The van der Waals surface area contributed by atoms with Crippen LogP contribution < -0.4 is 4.74 Å². The zero-order valence-corrected chi connectivity index (χ0v) is 17.5. The zero-order valence-electron chi connectivity index (χ0n) is 17.5. The number of pyridine rings is 1. The summed E-state index contributed by atoms with van der Waals surface area (Å²) in [4.78, 5) is 5.21. The lowest BCUT2D eigenvalue weighted by Crippen LogP contribution is -2.07. The van der Waals surface area contributed by atoms with Crippen molar-refractivity contribution < 1.29 is 9.13 Å². The van der Waals surface area contributed by atoms with E-state index in [9.17, 15) is 4.39 Å². The van der Waals surface area contributed by atoms with Crippen LogP contribution >= 0.6 is 0 Å². The fraction of sp³-hybridized carbons (Fsp3) is 0.296. The molecule has 0 saturated heterocycles.